The van der Waals surface area contributed by atoms with E-state index in [1.54, 1.807) is 30.3 Å². The lowest BCUT2D eigenvalue weighted by molar-refractivity contribution is 0.211. The van der Waals surface area contributed by atoms with Gasteiger partial charge in [-0.05, 0) is 18.6 Å². The maximum atomic E-state index is 14.2. The van der Waals surface area contributed by atoms with E-state index in [4.69, 9.17) is 9.72 Å². The van der Waals surface area contributed by atoms with Crippen molar-refractivity contribution in [2.24, 2.45) is 0 Å². The van der Waals surface area contributed by atoms with Crippen LogP contribution in [-0.4, -0.2) is 67.3 Å². The number of pyridine rings is 1. The van der Waals surface area contributed by atoms with Crippen molar-refractivity contribution in [3.63, 3.8) is 0 Å². The first-order valence-electron chi connectivity index (χ1n) is 13.9. The van der Waals surface area contributed by atoms with Gasteiger partial charge in [-0.3, -0.25) is 34.8 Å². The Morgan fingerprint density at radius 2 is 1.57 bits per heavy atom. The van der Waals surface area contributed by atoms with Crippen LogP contribution in [0.3, 0.4) is 0 Å². The van der Waals surface area contributed by atoms with Crippen molar-refractivity contribution in [3.8, 4) is 5.75 Å². The molecule has 2 aromatic heterocycles. The Kier molecular flexibility index (Phi) is 14.8. The maximum absolute atomic E-state index is 14.2. The number of carbonyl (C=O) groups excluding carboxylic acids is 1. The van der Waals surface area contributed by atoms with Gasteiger partial charge >= 0.3 is 6.03 Å². The summed E-state index contributed by atoms with van der Waals surface area (Å²) in [5, 5.41) is 16.8. The molecule has 2 amide bonds. The summed E-state index contributed by atoms with van der Waals surface area (Å²) < 4.78 is 33.6. The summed E-state index contributed by atoms with van der Waals surface area (Å²) in [6.07, 6.45) is 3.85. The fourth-order valence-electron chi connectivity index (χ4n) is 4.17. The molecule has 5 N–H and O–H groups in total. The Balaban J connectivity index is 2.29. The number of rotatable bonds is 19. The van der Waals surface area contributed by atoms with Gasteiger partial charge in [0.15, 0.2) is 5.40 Å². The zero-order valence-electron chi connectivity index (χ0n) is 24.5. The molecular weight excluding hydrogens is 570 g/mol. The van der Waals surface area contributed by atoms with E-state index in [2.05, 4.69) is 37.6 Å². The second kappa shape index (κ2) is 17.2. The Morgan fingerprint density at radius 1 is 0.975 bits per heavy atom. The molecule has 0 atom stereocenters. The number of thiazole rings is 1. The van der Waals surface area contributed by atoms with Gasteiger partial charge in [0.25, 0.3) is 0 Å². The molecule has 0 bridgehead atoms. The van der Waals surface area contributed by atoms with Crippen LogP contribution in [0.2, 0.25) is 0 Å². The van der Waals surface area contributed by atoms with E-state index in [0.29, 0.717) is 62.3 Å². The lowest BCUT2D eigenvalue weighted by Gasteiger charge is -2.33. The molecule has 0 saturated carbocycles. The molecule has 2 heterocycles. The first-order chi connectivity index (χ1) is 19.2. The van der Waals surface area contributed by atoms with Crippen LogP contribution in [0.1, 0.15) is 63.6 Å². The van der Waals surface area contributed by atoms with Crippen LogP contribution in [0.4, 0.5) is 10.6 Å². The van der Waals surface area contributed by atoms with Crippen molar-refractivity contribution in [2.75, 3.05) is 51.7 Å². The summed E-state index contributed by atoms with van der Waals surface area (Å²) in [5.41, 5.74) is 0.751. The van der Waals surface area contributed by atoms with Crippen molar-refractivity contribution in [1.29, 1.82) is 0 Å². The molecule has 0 aromatic carbocycles. The highest BCUT2D eigenvalue weighted by atomic mass is 32.1. The number of hydrogen-bond acceptors (Lipinski definition) is 7. The number of unbranched alkanes of at least 4 members (excludes halogenated alkanes) is 1. The highest BCUT2D eigenvalue weighted by Gasteiger charge is 2.48. The van der Waals surface area contributed by atoms with E-state index in [0.717, 1.165) is 18.5 Å². The van der Waals surface area contributed by atoms with Crippen molar-refractivity contribution >= 4 is 38.1 Å². The number of hydrogen-bond donors (Lipinski definition) is 5. The zero-order chi connectivity index (χ0) is 29.6. The molecule has 0 aliphatic rings. The minimum Gasteiger partial charge on any atom is -0.495 e. The van der Waals surface area contributed by atoms with Gasteiger partial charge in [0.05, 0.1) is 19.0 Å². The molecule has 0 fully saturated rings. The summed E-state index contributed by atoms with van der Waals surface area (Å²) in [4.78, 5) is 23.9. The van der Waals surface area contributed by atoms with Crippen molar-refractivity contribution in [2.45, 2.75) is 59.3 Å². The van der Waals surface area contributed by atoms with E-state index in [1.165, 1.54) is 11.3 Å². The Morgan fingerprint density at radius 3 is 2.05 bits per heavy atom. The maximum Gasteiger partial charge on any atom is 0.323 e. The van der Waals surface area contributed by atoms with Crippen LogP contribution in [0, 0.1) is 0 Å². The predicted molar refractivity (Wildman–Crippen MR) is 165 cm³/mol. The third-order valence-electron chi connectivity index (χ3n) is 5.96. The van der Waals surface area contributed by atoms with E-state index in [9.17, 15) is 13.9 Å². The Bertz CT molecular complexity index is 1080. The topological polar surface area (TPSA) is 150 Å². The summed E-state index contributed by atoms with van der Waals surface area (Å²) >= 11 is 1.34. The average molecular weight is 617 g/mol. The van der Waals surface area contributed by atoms with Gasteiger partial charge in [0.2, 0.25) is 14.9 Å². The van der Waals surface area contributed by atoms with Gasteiger partial charge in [-0.15, -0.1) is 11.3 Å². The Labute approximate surface area is 242 Å². The molecule has 226 valence electrons. The van der Waals surface area contributed by atoms with Gasteiger partial charge in [-0.25, -0.2) is 14.8 Å². The van der Waals surface area contributed by atoms with E-state index < -0.39 is 20.3 Å². The standard InChI is InChI=1S/C25H46N8O4P2S/c1-7-12-16-33(25(34)32-22-14-13-21(37-6)18-26-22)17-15-20-19-40-23(31-20)24(38(35,27-8-2)28-9-3)39(36,29-10-4)30-11-5/h13-14,18-19,24H,7-12,15-17H2,1-6H3,(H,26,32,34)(H2,27,28,35)(H2,29,30,36). The largest absolute Gasteiger partial charge is 0.495 e. The SMILES string of the molecule is CCCCN(CCc1csc(C(P(=O)(NCC)NCC)P(=O)(NCC)NCC)n1)C(=O)Nc1ccc(OC)cn1. The number of aromatic nitrogens is 2. The molecule has 0 radical (unpaired) electrons. The van der Waals surface area contributed by atoms with Crippen molar-refractivity contribution in [3.05, 3.63) is 34.4 Å². The number of amides is 2. The van der Waals surface area contributed by atoms with Gasteiger partial charge in [-0.2, -0.15) is 0 Å². The Hall–Kier alpha value is -1.85. The molecule has 0 spiro atoms. The first-order valence-corrected chi connectivity index (χ1v) is 18.3. The van der Waals surface area contributed by atoms with Crippen LogP contribution in [0.15, 0.2) is 23.7 Å². The molecule has 0 aliphatic heterocycles. The summed E-state index contributed by atoms with van der Waals surface area (Å²) in [5.74, 6) is 1.05. The second-order valence-corrected chi connectivity index (χ2v) is 15.2. The van der Waals surface area contributed by atoms with Crippen molar-refractivity contribution < 1.29 is 18.7 Å². The minimum absolute atomic E-state index is 0.243. The number of carbonyl (C=O) groups is 1. The van der Waals surface area contributed by atoms with Gasteiger partial charge in [0.1, 0.15) is 16.6 Å². The van der Waals surface area contributed by atoms with Crippen LogP contribution >= 0.6 is 26.2 Å². The fraction of sp³-hybridized carbons (Fsp3) is 0.640. The normalized spacial score (nSPS) is 12.1. The average Bonchev–Trinajstić information content (AvgIpc) is 3.37. The molecule has 0 saturated heterocycles. The fourth-order valence-corrected chi connectivity index (χ4v) is 12.5. The summed E-state index contributed by atoms with van der Waals surface area (Å²) in [6.45, 7) is 12.4. The van der Waals surface area contributed by atoms with Crippen LogP contribution in [-0.2, 0) is 15.6 Å². The molecule has 2 rings (SSSR count). The van der Waals surface area contributed by atoms with Gasteiger partial charge < -0.3 is 9.64 Å². The zero-order valence-corrected chi connectivity index (χ0v) is 27.1. The molecular formula is C25H46N8O4P2S. The number of nitrogens with zero attached hydrogens (tertiary/aromatic N) is 3. The summed E-state index contributed by atoms with van der Waals surface area (Å²) in [7, 11) is -5.16. The van der Waals surface area contributed by atoms with Gasteiger partial charge in [0, 0.05) is 51.1 Å². The molecule has 40 heavy (non-hydrogen) atoms. The summed E-state index contributed by atoms with van der Waals surface area (Å²) in [6, 6.07) is 3.19. The van der Waals surface area contributed by atoms with Crippen LogP contribution in [0.25, 0.3) is 0 Å². The number of anilines is 1. The quantitative estimate of drug-likeness (QED) is 0.133. The van der Waals surface area contributed by atoms with E-state index >= 15 is 0 Å². The van der Waals surface area contributed by atoms with Crippen molar-refractivity contribution in [1.82, 2.24) is 35.2 Å². The number of ether oxygens (including phenoxy) is 1. The van der Waals surface area contributed by atoms with Crippen LogP contribution < -0.4 is 30.4 Å². The third kappa shape index (κ3) is 9.62. The second-order valence-electron chi connectivity index (χ2n) is 9.02. The molecule has 15 heteroatoms. The molecule has 12 nitrogen and oxygen atoms in total. The van der Waals surface area contributed by atoms with Gasteiger partial charge in [-0.1, -0.05) is 41.0 Å². The lowest BCUT2D eigenvalue weighted by Crippen LogP contribution is -2.37. The number of nitrogens with one attached hydrogen (secondary N) is 5. The molecule has 2 aromatic rings. The predicted octanol–water partition coefficient (Wildman–Crippen LogP) is 5.25. The minimum atomic E-state index is -3.36. The number of methoxy groups -OCH3 is 1. The molecule has 0 aliphatic carbocycles. The van der Waals surface area contributed by atoms with E-state index in [1.807, 2.05) is 33.1 Å². The monoisotopic (exact) mass is 616 g/mol. The third-order valence-corrected chi connectivity index (χ3v) is 14.2. The highest BCUT2D eigenvalue weighted by Crippen LogP contribution is 2.70. The lowest BCUT2D eigenvalue weighted by atomic mass is 10.3. The van der Waals surface area contributed by atoms with Crippen LogP contribution in [0.5, 0.6) is 5.75 Å². The molecule has 0 unspecified atom stereocenters. The van der Waals surface area contributed by atoms with E-state index in [-0.39, 0.29) is 6.03 Å². The highest BCUT2D eigenvalue weighted by molar-refractivity contribution is 7.77. The first kappa shape index (κ1) is 34.4. The number of urea groups is 1. The smallest absolute Gasteiger partial charge is 0.323 e.